The summed E-state index contributed by atoms with van der Waals surface area (Å²) in [7, 11) is 0. The molecule has 1 aliphatic rings. The Morgan fingerprint density at radius 2 is 2.16 bits per heavy atom. The molecule has 0 radical (unpaired) electrons. The van der Waals surface area contributed by atoms with Crippen LogP contribution in [0.15, 0.2) is 6.07 Å². The summed E-state index contributed by atoms with van der Waals surface area (Å²) in [5.41, 5.74) is 1.25. The van der Waals surface area contributed by atoms with Gasteiger partial charge in [0.25, 0.3) is 0 Å². The molecule has 0 spiro atoms. The fraction of sp³-hybridized carbons (Fsp3) is 0.571. The highest BCUT2D eigenvalue weighted by Gasteiger charge is 2.28. The van der Waals surface area contributed by atoms with Gasteiger partial charge in [0.2, 0.25) is 5.90 Å². The molecule has 1 N–H and O–H groups in total. The molecule has 1 aromatic heterocycles. The number of aryl methyl sites for hydroxylation is 1. The number of hydrogen-bond donors (Lipinski definition) is 1. The second-order valence-corrected chi connectivity index (χ2v) is 5.65. The topological polar surface area (TPSA) is 59.4 Å². The molecule has 1 atom stereocenters. The summed E-state index contributed by atoms with van der Waals surface area (Å²) in [4.78, 5) is 13.8. The number of thiophene rings is 1. The van der Waals surface area contributed by atoms with E-state index in [1.807, 2.05) is 19.9 Å². The fourth-order valence-electron chi connectivity index (χ4n) is 2.30. The highest BCUT2D eigenvalue weighted by Crippen LogP contribution is 2.33. The van der Waals surface area contributed by atoms with Gasteiger partial charge < -0.3 is 9.47 Å². The van der Waals surface area contributed by atoms with Crippen molar-refractivity contribution in [3.05, 3.63) is 21.4 Å². The predicted octanol–water partition coefficient (Wildman–Crippen LogP) is 2.78. The van der Waals surface area contributed by atoms with Gasteiger partial charge in [-0.05, 0) is 44.7 Å². The monoisotopic (exact) mass is 281 g/mol. The Bertz CT molecular complexity index is 481. The summed E-state index contributed by atoms with van der Waals surface area (Å²) in [5, 5.41) is 7.81. The lowest BCUT2D eigenvalue weighted by Crippen LogP contribution is -2.23. The Kier molecular flexibility index (Phi) is 4.58. The number of fused-ring (bicyclic) bond motifs is 1. The molecule has 0 fully saturated rings. The van der Waals surface area contributed by atoms with Gasteiger partial charge in [-0.1, -0.05) is 0 Å². The minimum Gasteiger partial charge on any atom is -0.477 e. The lowest BCUT2D eigenvalue weighted by atomic mass is 9.89. The van der Waals surface area contributed by atoms with Crippen LogP contribution in [0.2, 0.25) is 0 Å². The first-order valence-electron chi connectivity index (χ1n) is 6.65. The van der Waals surface area contributed by atoms with Gasteiger partial charge in [-0.15, -0.1) is 11.3 Å². The Labute approximate surface area is 117 Å². The van der Waals surface area contributed by atoms with Gasteiger partial charge in [0.15, 0.2) is 0 Å². The lowest BCUT2D eigenvalue weighted by Gasteiger charge is -2.19. The molecule has 4 nitrogen and oxygen atoms in total. The minimum absolute atomic E-state index is 0.0276. The van der Waals surface area contributed by atoms with E-state index in [1.165, 1.54) is 10.4 Å². The van der Waals surface area contributed by atoms with E-state index in [-0.39, 0.29) is 17.8 Å². The van der Waals surface area contributed by atoms with E-state index in [2.05, 4.69) is 0 Å². The molecule has 0 aromatic carbocycles. The first-order valence-corrected chi connectivity index (χ1v) is 7.47. The van der Waals surface area contributed by atoms with Crippen LogP contribution in [0.25, 0.3) is 0 Å². The molecule has 1 unspecified atom stereocenters. The maximum absolute atomic E-state index is 11.8. The molecule has 19 heavy (non-hydrogen) atoms. The molecule has 104 valence electrons. The molecule has 0 saturated heterocycles. The van der Waals surface area contributed by atoms with Crippen LogP contribution in [0.3, 0.4) is 0 Å². The Balaban J connectivity index is 2.08. The quantitative estimate of drug-likeness (QED) is 0.524. The highest BCUT2D eigenvalue weighted by molar-refractivity contribution is 7.14. The van der Waals surface area contributed by atoms with E-state index in [1.54, 1.807) is 11.3 Å². The molecule has 0 bridgehead atoms. The molecule has 1 aliphatic carbocycles. The van der Waals surface area contributed by atoms with Crippen LogP contribution in [0.1, 0.15) is 35.6 Å². The predicted molar refractivity (Wildman–Crippen MR) is 74.9 cm³/mol. The minimum atomic E-state index is -0.0945. The summed E-state index contributed by atoms with van der Waals surface area (Å²) >= 11 is 1.57. The van der Waals surface area contributed by atoms with Crippen LogP contribution < -0.4 is 0 Å². The Morgan fingerprint density at radius 1 is 1.42 bits per heavy atom. The average molecular weight is 281 g/mol. The van der Waals surface area contributed by atoms with Crippen LogP contribution in [-0.4, -0.2) is 25.1 Å². The summed E-state index contributed by atoms with van der Waals surface area (Å²) < 4.78 is 10.3. The van der Waals surface area contributed by atoms with Crippen molar-refractivity contribution < 1.29 is 14.3 Å². The zero-order chi connectivity index (χ0) is 13.8. The summed E-state index contributed by atoms with van der Waals surface area (Å²) in [6, 6.07) is 2.03. The molecule has 0 aliphatic heterocycles. The third-order valence-corrected chi connectivity index (χ3v) is 4.42. The maximum atomic E-state index is 11.8. The Morgan fingerprint density at radius 3 is 2.84 bits per heavy atom. The number of ether oxygens (including phenoxy) is 2. The normalized spacial score (nSPS) is 17.7. The van der Waals surface area contributed by atoms with Gasteiger partial charge in [0, 0.05) is 4.88 Å². The fourth-order valence-corrected chi connectivity index (χ4v) is 3.49. The highest BCUT2D eigenvalue weighted by atomic mass is 32.1. The number of carbonyl (C=O) groups excluding carboxylic acids is 1. The molecule has 1 heterocycles. The summed E-state index contributed by atoms with van der Waals surface area (Å²) in [6.07, 6.45) is 2.46. The molecule has 0 amide bonds. The molecule has 1 aromatic rings. The van der Waals surface area contributed by atoms with E-state index >= 15 is 0 Å². The number of nitrogens with one attached hydrogen (secondary N) is 1. The number of esters is 1. The molecular weight excluding hydrogens is 262 g/mol. The van der Waals surface area contributed by atoms with Gasteiger partial charge in [0.05, 0.1) is 24.0 Å². The van der Waals surface area contributed by atoms with Crippen molar-refractivity contribution in [2.45, 2.75) is 33.1 Å². The van der Waals surface area contributed by atoms with Gasteiger partial charge in [-0.25, -0.2) is 0 Å². The van der Waals surface area contributed by atoms with Crippen molar-refractivity contribution in [1.29, 1.82) is 5.41 Å². The van der Waals surface area contributed by atoms with Gasteiger partial charge in [-0.3, -0.25) is 10.2 Å². The van der Waals surface area contributed by atoms with Crippen molar-refractivity contribution in [3.63, 3.8) is 0 Å². The third-order valence-electron chi connectivity index (χ3n) is 3.22. The maximum Gasteiger partial charge on any atom is 0.309 e. The van der Waals surface area contributed by atoms with Gasteiger partial charge >= 0.3 is 5.97 Å². The largest absolute Gasteiger partial charge is 0.477 e. The van der Waals surface area contributed by atoms with Gasteiger partial charge in [-0.2, -0.15) is 0 Å². The van der Waals surface area contributed by atoms with Crippen LogP contribution in [0.5, 0.6) is 0 Å². The van der Waals surface area contributed by atoms with Crippen LogP contribution in [0, 0.1) is 11.3 Å². The second-order valence-electron chi connectivity index (χ2n) is 4.51. The zero-order valence-electron chi connectivity index (χ0n) is 11.3. The smallest absolute Gasteiger partial charge is 0.309 e. The second kappa shape index (κ2) is 6.19. The van der Waals surface area contributed by atoms with E-state index in [0.717, 1.165) is 24.1 Å². The van der Waals surface area contributed by atoms with Crippen molar-refractivity contribution in [1.82, 2.24) is 0 Å². The average Bonchev–Trinajstić information content (AvgIpc) is 2.82. The molecule has 0 saturated carbocycles. The Hall–Kier alpha value is -1.36. The number of hydrogen-bond acceptors (Lipinski definition) is 5. The van der Waals surface area contributed by atoms with Crippen LogP contribution in [-0.2, 0) is 27.1 Å². The standard InChI is InChI=1S/C14H19NO3S/c1-3-17-13(15)12-7-9-5-6-10(8-11(9)19-12)14(16)18-4-2/h7,10,15H,3-6,8H2,1-2H3. The van der Waals surface area contributed by atoms with Crippen molar-refractivity contribution in [2.24, 2.45) is 5.92 Å². The van der Waals surface area contributed by atoms with Crippen LogP contribution in [0.4, 0.5) is 0 Å². The van der Waals surface area contributed by atoms with Crippen molar-refractivity contribution in [2.75, 3.05) is 13.2 Å². The summed E-state index contributed by atoms with van der Waals surface area (Å²) in [5.74, 6) is 0.109. The van der Waals surface area contributed by atoms with Crippen molar-refractivity contribution in [3.8, 4) is 0 Å². The summed E-state index contributed by atoms with van der Waals surface area (Å²) in [6.45, 7) is 4.65. The molecule has 2 rings (SSSR count). The van der Waals surface area contributed by atoms with E-state index in [4.69, 9.17) is 14.9 Å². The molecular formula is C14H19NO3S. The van der Waals surface area contributed by atoms with Crippen molar-refractivity contribution >= 4 is 23.2 Å². The lowest BCUT2D eigenvalue weighted by molar-refractivity contribution is -0.148. The van der Waals surface area contributed by atoms with Crippen LogP contribution >= 0.6 is 11.3 Å². The van der Waals surface area contributed by atoms with E-state index in [9.17, 15) is 4.79 Å². The van der Waals surface area contributed by atoms with E-state index in [0.29, 0.717) is 13.2 Å². The number of carbonyl (C=O) groups is 1. The SMILES string of the molecule is CCOC(=N)c1cc2c(s1)CC(C(=O)OCC)CC2. The number of rotatable bonds is 4. The first-order chi connectivity index (χ1) is 9.15. The van der Waals surface area contributed by atoms with E-state index < -0.39 is 0 Å². The zero-order valence-corrected chi connectivity index (χ0v) is 12.1. The molecule has 5 heteroatoms. The first kappa shape index (κ1) is 14.1. The van der Waals surface area contributed by atoms with Gasteiger partial charge in [0.1, 0.15) is 0 Å². The third kappa shape index (κ3) is 3.15.